The summed E-state index contributed by atoms with van der Waals surface area (Å²) in [6.07, 6.45) is 2.75. The normalized spacial score (nSPS) is 9.00. The summed E-state index contributed by atoms with van der Waals surface area (Å²) < 4.78 is 0. The van der Waals surface area contributed by atoms with Crippen LogP contribution in [0.15, 0.2) is 24.3 Å². The lowest BCUT2D eigenvalue weighted by Crippen LogP contribution is -2.28. The Kier molecular flexibility index (Phi) is 8.10. The van der Waals surface area contributed by atoms with Crippen LogP contribution in [0.2, 0.25) is 0 Å². The molecule has 18 heavy (non-hydrogen) atoms. The Morgan fingerprint density at radius 2 is 1.94 bits per heavy atom. The fourth-order valence-corrected chi connectivity index (χ4v) is 1.50. The van der Waals surface area contributed by atoms with Crippen LogP contribution >= 0.6 is 0 Å². The van der Waals surface area contributed by atoms with E-state index >= 15 is 0 Å². The second-order valence-electron chi connectivity index (χ2n) is 3.79. The monoisotopic (exact) mass is 249 g/mol. The van der Waals surface area contributed by atoms with E-state index in [1.807, 2.05) is 6.79 Å². The van der Waals surface area contributed by atoms with Crippen molar-refractivity contribution < 1.29 is 14.4 Å². The first-order valence-corrected chi connectivity index (χ1v) is 5.79. The van der Waals surface area contributed by atoms with Gasteiger partial charge in [0.2, 0.25) is 0 Å². The van der Waals surface area contributed by atoms with Crippen LogP contribution in [0.25, 0.3) is 0 Å². The van der Waals surface area contributed by atoms with Crippen molar-refractivity contribution >= 4 is 19.0 Å². The Balaban J connectivity index is 0.00000137. The molecule has 1 aromatic carbocycles. The lowest BCUT2D eigenvalue weighted by Gasteiger charge is -2.17. The molecule has 0 spiro atoms. The van der Waals surface area contributed by atoms with Gasteiger partial charge in [-0.2, -0.15) is 0 Å². The molecular weight excluding hydrogens is 230 g/mol. The first kappa shape index (κ1) is 16.0. The van der Waals surface area contributed by atoms with Gasteiger partial charge in [-0.25, -0.2) is 0 Å². The zero-order chi connectivity index (χ0) is 14.0. The highest BCUT2D eigenvalue weighted by Gasteiger charge is 2.14. The van der Waals surface area contributed by atoms with Crippen LogP contribution in [-0.2, 0) is 4.79 Å². The van der Waals surface area contributed by atoms with Crippen molar-refractivity contribution in [3.63, 3.8) is 0 Å². The first-order chi connectivity index (χ1) is 8.70. The van der Waals surface area contributed by atoms with Gasteiger partial charge < -0.3 is 9.69 Å². The highest BCUT2D eigenvalue weighted by atomic mass is 16.2. The molecule has 0 aliphatic rings. The lowest BCUT2D eigenvalue weighted by molar-refractivity contribution is -0.0980. The summed E-state index contributed by atoms with van der Waals surface area (Å²) in [7, 11) is 1.76. The van der Waals surface area contributed by atoms with Crippen LogP contribution in [0.4, 0.5) is 0 Å². The van der Waals surface area contributed by atoms with E-state index < -0.39 is 0 Å². The smallest absolute Gasteiger partial charge is 0.254 e. The minimum atomic E-state index is -0.0869. The number of hydrogen-bond acceptors (Lipinski definition) is 3. The van der Waals surface area contributed by atoms with Crippen LogP contribution in [0.5, 0.6) is 0 Å². The Morgan fingerprint density at radius 1 is 1.33 bits per heavy atom. The molecule has 0 N–H and O–H groups in total. The van der Waals surface area contributed by atoms with E-state index in [4.69, 9.17) is 4.79 Å². The van der Waals surface area contributed by atoms with E-state index in [-0.39, 0.29) is 5.91 Å². The topological polar surface area (TPSA) is 54.5 Å². The van der Waals surface area contributed by atoms with Gasteiger partial charge in [-0.15, -0.1) is 0 Å². The molecule has 0 unspecified atom stereocenters. The average molecular weight is 249 g/mol. The number of hydrogen-bond donors (Lipinski definition) is 0. The van der Waals surface area contributed by atoms with Crippen LogP contribution in [0, 0.1) is 0 Å². The second kappa shape index (κ2) is 9.10. The third-order valence-corrected chi connectivity index (χ3v) is 2.51. The number of rotatable bonds is 5. The molecule has 0 aliphatic carbocycles. The lowest BCUT2D eigenvalue weighted by atomic mass is 10.1. The molecule has 0 fully saturated rings. The standard InChI is InChI=1S/C13H17NO2.CH2O/c1-3-4-9-14(2)13(16)12-8-6-5-7-11(12)10-15;1-2/h5-8,10H,3-4,9H2,1-2H3;1H2. The number of carbonyl (C=O) groups is 3. The van der Waals surface area contributed by atoms with Crippen molar-refractivity contribution in [2.45, 2.75) is 19.8 Å². The molecule has 0 saturated carbocycles. The van der Waals surface area contributed by atoms with E-state index in [1.165, 1.54) is 0 Å². The molecule has 1 amide bonds. The Bertz CT molecular complexity index is 390. The van der Waals surface area contributed by atoms with E-state index in [0.29, 0.717) is 11.1 Å². The van der Waals surface area contributed by atoms with Crippen molar-refractivity contribution in [3.8, 4) is 0 Å². The molecule has 0 atom stereocenters. The van der Waals surface area contributed by atoms with Crippen molar-refractivity contribution in [1.29, 1.82) is 0 Å². The quantitative estimate of drug-likeness (QED) is 0.752. The summed E-state index contributed by atoms with van der Waals surface area (Å²) in [6, 6.07) is 6.88. The molecule has 0 radical (unpaired) electrons. The highest BCUT2D eigenvalue weighted by Crippen LogP contribution is 2.09. The predicted octanol–water partition coefficient (Wildman–Crippen LogP) is 2.19. The van der Waals surface area contributed by atoms with Gasteiger partial charge in [0.05, 0.1) is 5.56 Å². The van der Waals surface area contributed by atoms with Crippen molar-refractivity contribution in [3.05, 3.63) is 35.4 Å². The predicted molar refractivity (Wildman–Crippen MR) is 70.8 cm³/mol. The summed E-state index contributed by atoms with van der Waals surface area (Å²) in [5.41, 5.74) is 0.937. The number of nitrogens with zero attached hydrogens (tertiary/aromatic N) is 1. The maximum absolute atomic E-state index is 12.0. The van der Waals surface area contributed by atoms with Gasteiger partial charge in [0.25, 0.3) is 5.91 Å². The van der Waals surface area contributed by atoms with Crippen LogP contribution < -0.4 is 0 Å². The summed E-state index contributed by atoms with van der Waals surface area (Å²) in [5, 5.41) is 0. The minimum absolute atomic E-state index is 0.0869. The fraction of sp³-hybridized carbons (Fsp3) is 0.357. The zero-order valence-electron chi connectivity index (χ0n) is 10.9. The van der Waals surface area contributed by atoms with E-state index in [2.05, 4.69) is 6.92 Å². The average Bonchev–Trinajstić information content (AvgIpc) is 2.45. The molecule has 1 aromatic rings. The number of benzene rings is 1. The Hall–Kier alpha value is -1.97. The summed E-state index contributed by atoms with van der Waals surface area (Å²) in [4.78, 5) is 32.5. The Morgan fingerprint density at radius 3 is 2.50 bits per heavy atom. The summed E-state index contributed by atoms with van der Waals surface area (Å²) in [5.74, 6) is -0.0869. The van der Waals surface area contributed by atoms with Gasteiger partial charge in [-0.05, 0) is 12.5 Å². The van der Waals surface area contributed by atoms with E-state index in [0.717, 1.165) is 25.7 Å². The van der Waals surface area contributed by atoms with Crippen LogP contribution in [0.1, 0.15) is 40.5 Å². The third-order valence-electron chi connectivity index (χ3n) is 2.51. The molecule has 0 saturated heterocycles. The largest absolute Gasteiger partial charge is 0.342 e. The number of aldehydes is 1. The van der Waals surface area contributed by atoms with Gasteiger partial charge >= 0.3 is 0 Å². The Labute approximate surface area is 108 Å². The molecule has 0 aliphatic heterocycles. The molecule has 0 bridgehead atoms. The maximum atomic E-state index is 12.0. The number of unbranched alkanes of at least 4 members (excludes halogenated alkanes) is 1. The zero-order valence-corrected chi connectivity index (χ0v) is 10.9. The van der Waals surface area contributed by atoms with E-state index in [1.54, 1.807) is 36.2 Å². The molecule has 1 rings (SSSR count). The van der Waals surface area contributed by atoms with Gasteiger partial charge in [-0.1, -0.05) is 31.5 Å². The highest BCUT2D eigenvalue weighted by molar-refractivity contribution is 6.01. The van der Waals surface area contributed by atoms with Crippen molar-refractivity contribution in [2.75, 3.05) is 13.6 Å². The molecule has 0 aromatic heterocycles. The minimum Gasteiger partial charge on any atom is -0.342 e. The number of carbonyl (C=O) groups excluding carboxylic acids is 3. The maximum Gasteiger partial charge on any atom is 0.254 e. The molecule has 4 nitrogen and oxygen atoms in total. The SMILES string of the molecule is C=O.CCCCN(C)C(=O)c1ccccc1C=O. The van der Waals surface area contributed by atoms with Crippen molar-refractivity contribution in [2.24, 2.45) is 0 Å². The fourth-order valence-electron chi connectivity index (χ4n) is 1.50. The molecule has 0 heterocycles. The molecule has 98 valence electrons. The van der Waals surface area contributed by atoms with Gasteiger partial charge in [0, 0.05) is 19.2 Å². The molecular formula is C14H19NO3. The van der Waals surface area contributed by atoms with Gasteiger partial charge in [0.1, 0.15) is 6.79 Å². The van der Waals surface area contributed by atoms with E-state index in [9.17, 15) is 9.59 Å². The second-order valence-corrected chi connectivity index (χ2v) is 3.79. The number of amides is 1. The van der Waals surface area contributed by atoms with Crippen LogP contribution in [-0.4, -0.2) is 37.5 Å². The first-order valence-electron chi connectivity index (χ1n) is 5.79. The van der Waals surface area contributed by atoms with Crippen molar-refractivity contribution in [1.82, 2.24) is 4.90 Å². The van der Waals surface area contributed by atoms with Gasteiger partial charge in [0.15, 0.2) is 6.29 Å². The summed E-state index contributed by atoms with van der Waals surface area (Å²) in [6.45, 7) is 4.81. The van der Waals surface area contributed by atoms with Gasteiger partial charge in [-0.3, -0.25) is 9.59 Å². The van der Waals surface area contributed by atoms with Crippen LogP contribution in [0.3, 0.4) is 0 Å². The summed E-state index contributed by atoms with van der Waals surface area (Å²) >= 11 is 0. The third kappa shape index (κ3) is 4.49. The molecule has 4 heteroatoms.